The van der Waals surface area contributed by atoms with Crippen molar-refractivity contribution >= 4 is 23.5 Å². The molecule has 0 unspecified atom stereocenters. The Kier molecular flexibility index (Phi) is 7.48. The summed E-state index contributed by atoms with van der Waals surface area (Å²) in [4.78, 5) is 30.4. The topological polar surface area (TPSA) is 100 Å². The summed E-state index contributed by atoms with van der Waals surface area (Å²) in [5, 5.41) is 2.78. The van der Waals surface area contributed by atoms with Gasteiger partial charge in [-0.3, -0.25) is 9.59 Å². The maximum absolute atomic E-state index is 12.3. The van der Waals surface area contributed by atoms with Gasteiger partial charge in [0.15, 0.2) is 5.43 Å². The number of nitrogens with one attached hydrogen (secondary N) is 2. The van der Waals surface area contributed by atoms with Gasteiger partial charge in [-0.1, -0.05) is 55.7 Å². The Labute approximate surface area is 163 Å². The molecule has 0 radical (unpaired) electrons. The molecular weight excluding hydrogens is 352 g/mol. The number of hydrogen-bond acceptors (Lipinski definition) is 4. The molecule has 0 atom stereocenters. The highest BCUT2D eigenvalue weighted by Crippen LogP contribution is 2.16. The fourth-order valence-electron chi connectivity index (χ4n) is 2.33. The SMILES string of the molecule is C=C/C=C(\C=C)c1ccc(CNC(=O)C(/C=N/c2cc(=O)cc[nH]2)=C/N)cc1. The summed E-state index contributed by atoms with van der Waals surface area (Å²) in [6, 6.07) is 10.4. The Morgan fingerprint density at radius 2 is 1.96 bits per heavy atom. The zero-order chi connectivity index (χ0) is 20.4. The van der Waals surface area contributed by atoms with Crippen molar-refractivity contribution in [1.29, 1.82) is 0 Å². The predicted molar refractivity (Wildman–Crippen MR) is 114 cm³/mol. The molecule has 1 amide bonds. The Balaban J connectivity index is 2.00. The number of nitrogens with zero attached hydrogens (tertiary/aromatic N) is 1. The molecule has 0 saturated heterocycles. The number of benzene rings is 1. The number of allylic oxidation sites excluding steroid dienone is 4. The van der Waals surface area contributed by atoms with Crippen molar-refractivity contribution in [3.05, 3.63) is 107 Å². The molecule has 6 heteroatoms. The van der Waals surface area contributed by atoms with E-state index in [2.05, 4.69) is 28.5 Å². The van der Waals surface area contributed by atoms with Gasteiger partial charge in [-0.25, -0.2) is 4.99 Å². The summed E-state index contributed by atoms with van der Waals surface area (Å²) < 4.78 is 0. The summed E-state index contributed by atoms with van der Waals surface area (Å²) in [7, 11) is 0. The van der Waals surface area contributed by atoms with E-state index >= 15 is 0 Å². The summed E-state index contributed by atoms with van der Waals surface area (Å²) in [5.74, 6) is -0.0345. The van der Waals surface area contributed by atoms with E-state index in [0.717, 1.165) is 16.7 Å². The van der Waals surface area contributed by atoms with E-state index in [1.807, 2.05) is 30.3 Å². The number of hydrogen-bond donors (Lipinski definition) is 3. The number of rotatable bonds is 8. The van der Waals surface area contributed by atoms with Crippen LogP contribution in [0.5, 0.6) is 0 Å². The molecular formula is C22H22N4O2. The Hall–Kier alpha value is -3.93. The van der Waals surface area contributed by atoms with Gasteiger partial charge in [0.25, 0.3) is 5.91 Å². The molecule has 2 rings (SSSR count). The van der Waals surface area contributed by atoms with Gasteiger partial charge in [-0.05, 0) is 16.7 Å². The minimum Gasteiger partial charge on any atom is -0.404 e. The highest BCUT2D eigenvalue weighted by molar-refractivity contribution is 6.12. The standard InChI is InChI=1S/C22H22N4O2/c1-3-5-17(4-2)18-8-6-16(7-9-18)14-26-22(28)19(13-23)15-25-21-12-20(27)10-11-24-21/h3-13,15H,1-2,14,23H2,(H,24,27)(H,26,28)/b17-5+,19-13+,25-15+. The molecule has 0 bridgehead atoms. The third-order valence-corrected chi connectivity index (χ3v) is 3.80. The first-order valence-electron chi connectivity index (χ1n) is 8.54. The van der Waals surface area contributed by atoms with E-state index in [1.165, 1.54) is 30.7 Å². The Bertz CT molecular complexity index is 996. The van der Waals surface area contributed by atoms with Crippen LogP contribution in [0.25, 0.3) is 5.57 Å². The molecule has 142 valence electrons. The predicted octanol–water partition coefficient (Wildman–Crippen LogP) is 2.99. The molecule has 0 aliphatic rings. The van der Waals surface area contributed by atoms with Gasteiger partial charge in [0.2, 0.25) is 0 Å². The Morgan fingerprint density at radius 3 is 2.57 bits per heavy atom. The number of carbonyl (C=O) groups is 1. The Morgan fingerprint density at radius 1 is 1.21 bits per heavy atom. The fourth-order valence-corrected chi connectivity index (χ4v) is 2.33. The van der Waals surface area contributed by atoms with Crippen LogP contribution in [0, 0.1) is 0 Å². The third kappa shape index (κ3) is 5.81. The van der Waals surface area contributed by atoms with Crippen molar-refractivity contribution in [2.75, 3.05) is 0 Å². The number of aromatic nitrogens is 1. The van der Waals surface area contributed by atoms with Crippen LogP contribution in [-0.2, 0) is 11.3 Å². The molecule has 1 aromatic carbocycles. The second kappa shape index (κ2) is 10.3. The molecule has 6 nitrogen and oxygen atoms in total. The molecule has 0 spiro atoms. The van der Waals surface area contributed by atoms with E-state index < -0.39 is 0 Å². The lowest BCUT2D eigenvalue weighted by Gasteiger charge is -2.07. The van der Waals surface area contributed by atoms with Gasteiger partial charge in [0, 0.05) is 37.3 Å². The molecule has 0 aliphatic heterocycles. The van der Waals surface area contributed by atoms with Crippen molar-refractivity contribution in [2.24, 2.45) is 10.7 Å². The minimum absolute atomic E-state index is 0.181. The monoisotopic (exact) mass is 374 g/mol. The molecule has 0 fully saturated rings. The van der Waals surface area contributed by atoms with Crippen LogP contribution in [0.3, 0.4) is 0 Å². The smallest absolute Gasteiger partial charge is 0.254 e. The van der Waals surface area contributed by atoms with Crippen LogP contribution in [0.15, 0.2) is 95.5 Å². The van der Waals surface area contributed by atoms with Crippen LogP contribution >= 0.6 is 0 Å². The number of amides is 1. The number of aromatic amines is 1. The second-order valence-corrected chi connectivity index (χ2v) is 5.73. The van der Waals surface area contributed by atoms with Crippen molar-refractivity contribution < 1.29 is 4.79 Å². The van der Waals surface area contributed by atoms with E-state index in [9.17, 15) is 9.59 Å². The van der Waals surface area contributed by atoms with E-state index in [0.29, 0.717) is 12.4 Å². The first-order chi connectivity index (χ1) is 13.6. The molecule has 2 aromatic rings. The number of H-pyrrole nitrogens is 1. The molecule has 0 saturated carbocycles. The summed E-state index contributed by atoms with van der Waals surface area (Å²) in [6.45, 7) is 7.81. The first-order valence-corrected chi connectivity index (χ1v) is 8.54. The van der Waals surface area contributed by atoms with E-state index in [4.69, 9.17) is 5.73 Å². The lowest BCUT2D eigenvalue weighted by molar-refractivity contribution is -0.117. The largest absolute Gasteiger partial charge is 0.404 e. The third-order valence-electron chi connectivity index (χ3n) is 3.80. The number of carbonyl (C=O) groups excluding carboxylic acids is 1. The van der Waals surface area contributed by atoms with Crippen molar-refractivity contribution in [2.45, 2.75) is 6.54 Å². The van der Waals surface area contributed by atoms with Gasteiger partial charge in [-0.2, -0.15) is 0 Å². The minimum atomic E-state index is -0.369. The van der Waals surface area contributed by atoms with Gasteiger partial charge in [0.1, 0.15) is 5.82 Å². The summed E-state index contributed by atoms with van der Waals surface area (Å²) >= 11 is 0. The number of nitrogens with two attached hydrogens (primary N) is 1. The molecule has 1 heterocycles. The van der Waals surface area contributed by atoms with E-state index in [-0.39, 0.29) is 16.9 Å². The zero-order valence-electron chi connectivity index (χ0n) is 15.4. The lowest BCUT2D eigenvalue weighted by Crippen LogP contribution is -2.25. The van der Waals surface area contributed by atoms with Crippen LogP contribution < -0.4 is 16.5 Å². The maximum atomic E-state index is 12.3. The second-order valence-electron chi connectivity index (χ2n) is 5.73. The van der Waals surface area contributed by atoms with Crippen molar-refractivity contribution in [1.82, 2.24) is 10.3 Å². The highest BCUT2D eigenvalue weighted by Gasteiger charge is 2.07. The normalized spacial score (nSPS) is 12.0. The summed E-state index contributed by atoms with van der Waals surface area (Å²) in [5.41, 5.74) is 8.44. The van der Waals surface area contributed by atoms with Crippen LogP contribution in [0.1, 0.15) is 11.1 Å². The van der Waals surface area contributed by atoms with Crippen LogP contribution in [-0.4, -0.2) is 17.1 Å². The first kappa shape index (κ1) is 20.4. The van der Waals surface area contributed by atoms with Crippen molar-refractivity contribution in [3.8, 4) is 0 Å². The highest BCUT2D eigenvalue weighted by atomic mass is 16.1. The molecule has 4 N–H and O–H groups in total. The molecule has 0 aliphatic carbocycles. The van der Waals surface area contributed by atoms with Gasteiger partial charge >= 0.3 is 0 Å². The molecule has 1 aromatic heterocycles. The summed E-state index contributed by atoms with van der Waals surface area (Å²) in [6.07, 6.45) is 9.29. The zero-order valence-corrected chi connectivity index (χ0v) is 15.4. The molecule has 28 heavy (non-hydrogen) atoms. The number of pyridine rings is 1. The van der Waals surface area contributed by atoms with Crippen LogP contribution in [0.2, 0.25) is 0 Å². The lowest BCUT2D eigenvalue weighted by atomic mass is 10.0. The van der Waals surface area contributed by atoms with E-state index in [1.54, 1.807) is 12.2 Å². The number of aliphatic imine (C=N–C) groups is 1. The van der Waals surface area contributed by atoms with Crippen molar-refractivity contribution in [3.63, 3.8) is 0 Å². The maximum Gasteiger partial charge on any atom is 0.254 e. The fraction of sp³-hybridized carbons (Fsp3) is 0.0455. The average molecular weight is 374 g/mol. The van der Waals surface area contributed by atoms with Gasteiger partial charge < -0.3 is 16.0 Å². The average Bonchev–Trinajstić information content (AvgIpc) is 2.71. The van der Waals surface area contributed by atoms with Gasteiger partial charge in [0.05, 0.1) is 5.57 Å². The van der Waals surface area contributed by atoms with Crippen LogP contribution in [0.4, 0.5) is 5.82 Å². The quantitative estimate of drug-likeness (QED) is 0.376. The van der Waals surface area contributed by atoms with Gasteiger partial charge in [-0.15, -0.1) is 0 Å².